The third-order valence-corrected chi connectivity index (χ3v) is 4.32. The van der Waals surface area contributed by atoms with E-state index in [1.165, 1.54) is 6.92 Å². The molecule has 3 rings (SSSR count). The number of aromatic nitrogens is 2. The summed E-state index contributed by atoms with van der Waals surface area (Å²) in [6, 6.07) is 11.0. The van der Waals surface area contributed by atoms with Crippen molar-refractivity contribution in [3.05, 3.63) is 93.0 Å². The van der Waals surface area contributed by atoms with Crippen LogP contribution in [0.4, 0.5) is 8.78 Å². The van der Waals surface area contributed by atoms with Crippen LogP contribution in [0.15, 0.2) is 53.3 Å². The zero-order valence-electron chi connectivity index (χ0n) is 15.8. The second kappa shape index (κ2) is 8.64. The number of carbonyl (C=O) groups excluding carboxylic acids is 1. The third kappa shape index (κ3) is 4.09. The minimum Gasteiger partial charge on any atom is -0.492 e. The Balaban J connectivity index is 2.19. The summed E-state index contributed by atoms with van der Waals surface area (Å²) in [6.45, 7) is 1.50. The number of benzene rings is 2. The van der Waals surface area contributed by atoms with Crippen LogP contribution < -0.4 is 5.56 Å². The van der Waals surface area contributed by atoms with Crippen LogP contribution in [0.1, 0.15) is 40.2 Å². The highest BCUT2D eigenvalue weighted by atomic mass is 19.1. The molecular formula is C21H17F2N3O4. The summed E-state index contributed by atoms with van der Waals surface area (Å²) in [5.74, 6) is -5.34. The van der Waals surface area contributed by atoms with Crippen LogP contribution in [0.2, 0.25) is 0 Å². The van der Waals surface area contributed by atoms with Crippen molar-refractivity contribution in [3.63, 3.8) is 0 Å². The van der Waals surface area contributed by atoms with Crippen molar-refractivity contribution >= 4 is 11.7 Å². The lowest BCUT2D eigenvalue weighted by Gasteiger charge is -2.19. The molecule has 9 heteroatoms. The number of nitrogens with one attached hydrogen (secondary N) is 2. The quantitative estimate of drug-likeness (QED) is 0.424. The molecule has 1 atom stereocenters. The minimum absolute atomic E-state index is 0.0263. The number of halogens is 2. The number of nitrogens with zero attached hydrogens (tertiary/aromatic N) is 1. The van der Waals surface area contributed by atoms with E-state index in [9.17, 15) is 23.5 Å². The van der Waals surface area contributed by atoms with Gasteiger partial charge in [-0.3, -0.25) is 4.79 Å². The molecule has 1 heterocycles. The zero-order valence-corrected chi connectivity index (χ0v) is 15.8. The van der Waals surface area contributed by atoms with Gasteiger partial charge in [-0.25, -0.2) is 13.6 Å². The molecule has 30 heavy (non-hydrogen) atoms. The van der Waals surface area contributed by atoms with E-state index in [0.29, 0.717) is 11.6 Å². The molecule has 0 saturated carbocycles. The molecule has 0 spiro atoms. The molecule has 0 amide bonds. The Kier molecular flexibility index (Phi) is 6.01. The second-order valence-electron chi connectivity index (χ2n) is 6.25. The highest BCUT2D eigenvalue weighted by Gasteiger charge is 2.29. The van der Waals surface area contributed by atoms with Crippen molar-refractivity contribution in [1.29, 1.82) is 5.41 Å². The van der Waals surface area contributed by atoms with Crippen LogP contribution >= 0.6 is 0 Å². The van der Waals surface area contributed by atoms with E-state index in [-0.39, 0.29) is 23.7 Å². The largest absolute Gasteiger partial charge is 0.492 e. The van der Waals surface area contributed by atoms with Crippen LogP contribution in [0, 0.1) is 17.0 Å². The highest BCUT2D eigenvalue weighted by Crippen LogP contribution is 2.29. The summed E-state index contributed by atoms with van der Waals surface area (Å²) >= 11 is 0. The van der Waals surface area contributed by atoms with Gasteiger partial charge in [0.15, 0.2) is 5.56 Å². The Bertz CT molecular complexity index is 1160. The first-order valence-corrected chi connectivity index (χ1v) is 8.92. The van der Waals surface area contributed by atoms with Gasteiger partial charge < -0.3 is 20.2 Å². The lowest BCUT2D eigenvalue weighted by Crippen LogP contribution is -2.26. The fourth-order valence-electron chi connectivity index (χ4n) is 2.96. The number of esters is 1. The van der Waals surface area contributed by atoms with E-state index < -0.39 is 40.5 Å². The number of hydrogen-bond donors (Lipinski definition) is 3. The summed E-state index contributed by atoms with van der Waals surface area (Å²) in [4.78, 5) is 30.5. The molecule has 0 fully saturated rings. The van der Waals surface area contributed by atoms with Crippen LogP contribution in [0.3, 0.4) is 0 Å². The normalized spacial score (nSPS) is 11.7. The van der Waals surface area contributed by atoms with E-state index in [1.807, 2.05) is 0 Å². The predicted octanol–water partition coefficient (Wildman–Crippen LogP) is 3.13. The lowest BCUT2D eigenvalue weighted by molar-refractivity contribution is 0.0519. The smallest absolute Gasteiger partial charge is 0.349 e. The summed E-state index contributed by atoms with van der Waals surface area (Å²) < 4.78 is 32.7. The minimum atomic E-state index is -1.29. The molecule has 0 aliphatic heterocycles. The maximum Gasteiger partial charge on any atom is 0.349 e. The third-order valence-electron chi connectivity index (χ3n) is 4.32. The number of H-pyrrole nitrogens is 1. The maximum absolute atomic E-state index is 14.6. The topological polar surface area (TPSA) is 116 Å². The molecule has 154 valence electrons. The Morgan fingerprint density at radius 1 is 1.23 bits per heavy atom. The Morgan fingerprint density at radius 2 is 1.93 bits per heavy atom. The zero-order chi connectivity index (χ0) is 21.8. The Morgan fingerprint density at radius 3 is 2.53 bits per heavy atom. The van der Waals surface area contributed by atoms with Gasteiger partial charge in [0, 0.05) is 11.6 Å². The number of ether oxygens (including phenoxy) is 1. The number of aromatic hydroxyl groups is 1. The molecule has 0 radical (unpaired) electrons. The van der Waals surface area contributed by atoms with E-state index in [0.717, 1.165) is 12.1 Å². The predicted molar refractivity (Wildman–Crippen MR) is 104 cm³/mol. The Hall–Kier alpha value is -3.88. The van der Waals surface area contributed by atoms with Crippen molar-refractivity contribution in [2.75, 3.05) is 6.61 Å². The number of rotatable bonds is 6. The lowest BCUT2D eigenvalue weighted by atomic mass is 9.88. The van der Waals surface area contributed by atoms with Gasteiger partial charge in [-0.1, -0.05) is 36.4 Å². The van der Waals surface area contributed by atoms with Crippen molar-refractivity contribution in [2.24, 2.45) is 0 Å². The van der Waals surface area contributed by atoms with E-state index >= 15 is 0 Å². The summed E-state index contributed by atoms with van der Waals surface area (Å²) in [7, 11) is 0. The van der Waals surface area contributed by atoms with Gasteiger partial charge in [-0.05, 0) is 18.6 Å². The molecule has 3 aromatic rings. The average Bonchev–Trinajstić information content (AvgIpc) is 2.70. The molecule has 7 nitrogen and oxygen atoms in total. The van der Waals surface area contributed by atoms with Gasteiger partial charge in [0.05, 0.1) is 18.2 Å². The van der Waals surface area contributed by atoms with Crippen LogP contribution in [-0.4, -0.2) is 33.4 Å². The van der Waals surface area contributed by atoms with Gasteiger partial charge in [0.1, 0.15) is 17.5 Å². The molecule has 1 unspecified atom stereocenters. The first-order valence-electron chi connectivity index (χ1n) is 8.92. The van der Waals surface area contributed by atoms with Crippen LogP contribution in [-0.2, 0) is 4.74 Å². The number of aromatic amines is 1. The van der Waals surface area contributed by atoms with Crippen molar-refractivity contribution in [2.45, 2.75) is 12.8 Å². The first-order chi connectivity index (χ1) is 14.3. The fourth-order valence-corrected chi connectivity index (χ4v) is 2.96. The van der Waals surface area contributed by atoms with Gasteiger partial charge in [0.25, 0.3) is 5.56 Å². The monoisotopic (exact) mass is 413 g/mol. The van der Waals surface area contributed by atoms with Gasteiger partial charge in [-0.15, -0.1) is 0 Å². The van der Waals surface area contributed by atoms with Crippen molar-refractivity contribution < 1.29 is 23.4 Å². The molecule has 0 aliphatic carbocycles. The SMILES string of the molecule is CCOC(=O)c1c(O)nc(C(C(=N)c2ccccc2)c2ccc(F)cc2F)[nH]c1=O. The average molecular weight is 413 g/mol. The fraction of sp³-hybridized carbons (Fsp3) is 0.143. The van der Waals surface area contributed by atoms with Crippen molar-refractivity contribution in [1.82, 2.24) is 9.97 Å². The van der Waals surface area contributed by atoms with E-state index in [1.54, 1.807) is 30.3 Å². The summed E-state index contributed by atoms with van der Waals surface area (Å²) in [6.07, 6.45) is 0. The molecule has 0 aliphatic rings. The second-order valence-corrected chi connectivity index (χ2v) is 6.25. The highest BCUT2D eigenvalue weighted by molar-refractivity contribution is 6.04. The van der Waals surface area contributed by atoms with Crippen LogP contribution in [0.25, 0.3) is 0 Å². The maximum atomic E-state index is 14.6. The molecular weight excluding hydrogens is 396 g/mol. The first kappa shape index (κ1) is 20.8. The molecule has 2 aromatic carbocycles. The van der Waals surface area contributed by atoms with E-state index in [2.05, 4.69) is 9.97 Å². The summed E-state index contributed by atoms with van der Waals surface area (Å²) in [5.41, 5.74) is -1.62. The molecule has 0 bridgehead atoms. The van der Waals surface area contributed by atoms with Gasteiger partial charge >= 0.3 is 5.97 Å². The Labute approximate surface area is 169 Å². The number of carbonyl (C=O) groups is 1. The molecule has 0 saturated heterocycles. The van der Waals surface area contributed by atoms with Gasteiger partial charge in [0.2, 0.25) is 5.88 Å². The van der Waals surface area contributed by atoms with E-state index in [4.69, 9.17) is 10.1 Å². The number of hydrogen-bond acceptors (Lipinski definition) is 6. The summed E-state index contributed by atoms with van der Waals surface area (Å²) in [5, 5.41) is 18.7. The van der Waals surface area contributed by atoms with Crippen molar-refractivity contribution in [3.8, 4) is 5.88 Å². The molecule has 1 aromatic heterocycles. The van der Waals surface area contributed by atoms with Gasteiger partial charge in [-0.2, -0.15) is 4.98 Å². The molecule has 3 N–H and O–H groups in total. The van der Waals surface area contributed by atoms with Crippen LogP contribution in [0.5, 0.6) is 5.88 Å². The standard InChI is InChI=1S/C21H17F2N3O4/c1-2-30-21(29)16-19(27)25-18(26-20(16)28)15(13-9-8-12(22)10-14(13)23)17(24)11-6-4-3-5-7-11/h3-10,15,24H,2H2,1H3,(H2,25,26,27,28).